The largest absolute Gasteiger partial charge is 0.369 e. The average molecular weight is 351 g/mol. The molecule has 2 atom stereocenters. The van der Waals surface area contributed by atoms with Crippen LogP contribution in [0.5, 0.6) is 0 Å². The summed E-state index contributed by atoms with van der Waals surface area (Å²) in [6, 6.07) is 14.1. The van der Waals surface area contributed by atoms with Crippen molar-refractivity contribution in [1.29, 1.82) is 0 Å². The molecule has 0 spiro atoms. The lowest BCUT2D eigenvalue weighted by Gasteiger charge is -2.21. The van der Waals surface area contributed by atoms with Gasteiger partial charge in [-0.05, 0) is 35.7 Å². The molecule has 0 aliphatic rings. The molecule has 0 aromatic heterocycles. The van der Waals surface area contributed by atoms with Gasteiger partial charge in [-0.25, -0.2) is 0 Å². The van der Waals surface area contributed by atoms with Gasteiger partial charge in [0.2, 0.25) is 5.91 Å². The number of fused-ring (bicyclic) bond motifs is 1. The van der Waals surface area contributed by atoms with E-state index in [4.69, 9.17) is 10.5 Å². The number of carbonyl (C=O) groups excluding carboxylic acids is 1. The molecule has 1 amide bonds. The zero-order chi connectivity index (χ0) is 16.7. The highest BCUT2D eigenvalue weighted by atomic mass is 35.5. The van der Waals surface area contributed by atoms with Crippen LogP contribution in [0.3, 0.4) is 0 Å². The molecule has 2 aromatic carbocycles. The molecule has 0 saturated heterocycles. The maximum atomic E-state index is 12.3. The zero-order valence-electron chi connectivity index (χ0n) is 14.3. The van der Waals surface area contributed by atoms with Crippen molar-refractivity contribution in [2.24, 2.45) is 5.73 Å². The third-order valence-corrected chi connectivity index (χ3v) is 3.96. The van der Waals surface area contributed by atoms with Crippen LogP contribution in [-0.4, -0.2) is 25.2 Å². The molecule has 132 valence electrons. The smallest absolute Gasteiger partial charge is 0.249 e. The highest BCUT2D eigenvalue weighted by Crippen LogP contribution is 2.20. The van der Waals surface area contributed by atoms with E-state index in [1.54, 1.807) is 6.92 Å². The molecule has 0 fully saturated rings. The van der Waals surface area contributed by atoms with Crippen LogP contribution in [-0.2, 0) is 9.53 Å². The third kappa shape index (κ3) is 5.48. The van der Waals surface area contributed by atoms with Gasteiger partial charge >= 0.3 is 0 Å². The Morgan fingerprint density at radius 1 is 1.21 bits per heavy atom. The fourth-order valence-corrected chi connectivity index (χ4v) is 2.47. The lowest BCUT2D eigenvalue weighted by molar-refractivity contribution is -0.132. The van der Waals surface area contributed by atoms with Gasteiger partial charge in [0, 0.05) is 13.2 Å². The summed E-state index contributed by atoms with van der Waals surface area (Å²) in [6.45, 7) is 4.83. The number of rotatable bonds is 8. The number of amides is 1. The summed E-state index contributed by atoms with van der Waals surface area (Å²) in [7, 11) is 0. The molecular formula is C19H27ClN2O2. The molecule has 0 aliphatic carbocycles. The van der Waals surface area contributed by atoms with E-state index in [1.165, 1.54) is 5.39 Å². The number of unbranched alkanes of at least 4 members (excludes halogenated alkanes) is 1. The van der Waals surface area contributed by atoms with E-state index >= 15 is 0 Å². The number of hydrogen-bond acceptors (Lipinski definition) is 3. The van der Waals surface area contributed by atoms with Crippen LogP contribution in [0.2, 0.25) is 0 Å². The summed E-state index contributed by atoms with van der Waals surface area (Å²) >= 11 is 0. The fourth-order valence-electron chi connectivity index (χ4n) is 2.47. The Morgan fingerprint density at radius 2 is 1.92 bits per heavy atom. The van der Waals surface area contributed by atoms with Gasteiger partial charge < -0.3 is 15.8 Å². The van der Waals surface area contributed by atoms with Crippen LogP contribution in [0, 0.1) is 0 Å². The SMILES string of the molecule is CCCCOC(C)C(=O)NC(CN)c1ccc2ccccc2c1.Cl. The third-order valence-electron chi connectivity index (χ3n) is 3.96. The van der Waals surface area contributed by atoms with Gasteiger partial charge in [-0.3, -0.25) is 4.79 Å². The molecule has 0 bridgehead atoms. The van der Waals surface area contributed by atoms with Crippen LogP contribution in [0.15, 0.2) is 42.5 Å². The molecule has 2 unspecified atom stereocenters. The van der Waals surface area contributed by atoms with Gasteiger partial charge in [-0.1, -0.05) is 49.7 Å². The van der Waals surface area contributed by atoms with Crippen LogP contribution < -0.4 is 11.1 Å². The van der Waals surface area contributed by atoms with Crippen molar-refractivity contribution in [2.45, 2.75) is 38.8 Å². The second-order valence-electron chi connectivity index (χ2n) is 5.77. The minimum atomic E-state index is -0.462. The minimum absolute atomic E-state index is 0. The van der Waals surface area contributed by atoms with E-state index in [-0.39, 0.29) is 24.4 Å². The molecule has 5 heteroatoms. The molecule has 0 aliphatic heterocycles. The number of benzene rings is 2. The normalized spacial score (nSPS) is 13.1. The molecule has 0 radical (unpaired) electrons. The first-order chi connectivity index (χ1) is 11.2. The lowest BCUT2D eigenvalue weighted by Crippen LogP contribution is -2.40. The molecule has 2 aromatic rings. The van der Waals surface area contributed by atoms with Gasteiger partial charge in [0.15, 0.2) is 0 Å². The van der Waals surface area contributed by atoms with Crippen LogP contribution >= 0.6 is 12.4 Å². The maximum Gasteiger partial charge on any atom is 0.249 e. The minimum Gasteiger partial charge on any atom is -0.369 e. The van der Waals surface area contributed by atoms with Crippen molar-refractivity contribution >= 4 is 29.1 Å². The number of ether oxygens (including phenoxy) is 1. The van der Waals surface area contributed by atoms with Crippen LogP contribution in [0.1, 0.15) is 38.3 Å². The lowest BCUT2D eigenvalue weighted by atomic mass is 10.0. The number of carbonyl (C=O) groups is 1. The van der Waals surface area contributed by atoms with Crippen LogP contribution in [0.4, 0.5) is 0 Å². The van der Waals surface area contributed by atoms with Gasteiger partial charge in [0.1, 0.15) is 6.10 Å². The number of halogens is 1. The molecule has 0 heterocycles. The quantitative estimate of drug-likeness (QED) is 0.715. The Hall–Kier alpha value is -1.62. The second kappa shape index (κ2) is 10.3. The average Bonchev–Trinajstić information content (AvgIpc) is 2.59. The molecule has 4 nitrogen and oxygen atoms in total. The van der Waals surface area contributed by atoms with Crippen molar-refractivity contribution < 1.29 is 9.53 Å². The summed E-state index contributed by atoms with van der Waals surface area (Å²) in [4.78, 5) is 12.3. The number of hydrogen-bond donors (Lipinski definition) is 2. The first kappa shape index (κ1) is 20.4. The van der Waals surface area contributed by atoms with Crippen molar-refractivity contribution in [3.05, 3.63) is 48.0 Å². The summed E-state index contributed by atoms with van der Waals surface area (Å²) in [5, 5.41) is 5.30. The summed E-state index contributed by atoms with van der Waals surface area (Å²) < 4.78 is 5.54. The van der Waals surface area contributed by atoms with E-state index in [2.05, 4.69) is 36.5 Å². The van der Waals surface area contributed by atoms with E-state index in [1.807, 2.05) is 18.2 Å². The molecule has 24 heavy (non-hydrogen) atoms. The summed E-state index contributed by atoms with van der Waals surface area (Å²) in [5.41, 5.74) is 6.88. The summed E-state index contributed by atoms with van der Waals surface area (Å²) in [6.07, 6.45) is 1.55. The van der Waals surface area contributed by atoms with Crippen molar-refractivity contribution in [1.82, 2.24) is 5.32 Å². The van der Waals surface area contributed by atoms with Crippen molar-refractivity contribution in [3.8, 4) is 0 Å². The van der Waals surface area contributed by atoms with E-state index in [9.17, 15) is 4.79 Å². The Morgan fingerprint density at radius 3 is 2.58 bits per heavy atom. The van der Waals surface area contributed by atoms with Crippen LogP contribution in [0.25, 0.3) is 10.8 Å². The highest BCUT2D eigenvalue weighted by Gasteiger charge is 2.18. The number of nitrogens with one attached hydrogen (secondary N) is 1. The maximum absolute atomic E-state index is 12.3. The first-order valence-electron chi connectivity index (χ1n) is 8.26. The molecule has 3 N–H and O–H groups in total. The Bertz CT molecular complexity index is 648. The molecular weight excluding hydrogens is 324 g/mol. The Labute approximate surface area is 150 Å². The van der Waals surface area contributed by atoms with Crippen molar-refractivity contribution in [2.75, 3.05) is 13.2 Å². The van der Waals surface area contributed by atoms with Gasteiger partial charge in [-0.15, -0.1) is 12.4 Å². The van der Waals surface area contributed by atoms with Gasteiger partial charge in [-0.2, -0.15) is 0 Å². The van der Waals surface area contributed by atoms with Gasteiger partial charge in [0.05, 0.1) is 6.04 Å². The van der Waals surface area contributed by atoms with E-state index < -0.39 is 6.10 Å². The zero-order valence-corrected chi connectivity index (χ0v) is 15.1. The number of nitrogens with two attached hydrogens (primary N) is 1. The Kier molecular flexibility index (Phi) is 8.76. The Balaban J connectivity index is 0.00000288. The van der Waals surface area contributed by atoms with E-state index in [0.29, 0.717) is 13.2 Å². The van der Waals surface area contributed by atoms with Gasteiger partial charge in [0.25, 0.3) is 0 Å². The van der Waals surface area contributed by atoms with Crippen molar-refractivity contribution in [3.63, 3.8) is 0 Å². The summed E-state index contributed by atoms with van der Waals surface area (Å²) in [5.74, 6) is -0.121. The second-order valence-corrected chi connectivity index (χ2v) is 5.77. The monoisotopic (exact) mass is 350 g/mol. The fraction of sp³-hybridized carbons (Fsp3) is 0.421. The predicted molar refractivity (Wildman–Crippen MR) is 101 cm³/mol. The highest BCUT2D eigenvalue weighted by molar-refractivity contribution is 5.85. The standard InChI is InChI=1S/C19H26N2O2.ClH/c1-3-4-11-23-14(2)19(22)21-18(13-20)17-10-9-15-7-5-6-8-16(15)12-17;/h5-10,12,14,18H,3-4,11,13,20H2,1-2H3,(H,21,22);1H. The topological polar surface area (TPSA) is 64.3 Å². The van der Waals surface area contributed by atoms with E-state index in [0.717, 1.165) is 23.8 Å². The molecule has 2 rings (SSSR count). The molecule has 0 saturated carbocycles. The predicted octanol–water partition coefficient (Wildman–Crippen LogP) is 3.58. The first-order valence-corrected chi connectivity index (χ1v) is 8.26.